The Morgan fingerprint density at radius 2 is 1.56 bits per heavy atom. The zero-order valence-electron chi connectivity index (χ0n) is 21.7. The van der Waals surface area contributed by atoms with Gasteiger partial charge >= 0.3 is 0 Å². The maximum atomic E-state index is 13.7. The van der Waals surface area contributed by atoms with Gasteiger partial charge in [0.2, 0.25) is 21.8 Å². The Hall–Kier alpha value is -4.67. The molecule has 2 amide bonds. The smallest absolute Gasteiger partial charge is 0.252 e. The molecule has 1 fully saturated rings. The number of imide groups is 1. The summed E-state index contributed by atoms with van der Waals surface area (Å²) < 4.78 is 47.9. The van der Waals surface area contributed by atoms with Crippen molar-refractivity contribution in [3.05, 3.63) is 115 Å². The Labute approximate surface area is 235 Å². The van der Waals surface area contributed by atoms with Crippen LogP contribution in [0.2, 0.25) is 0 Å². The molecule has 0 aliphatic carbocycles. The van der Waals surface area contributed by atoms with E-state index in [0.29, 0.717) is 34.7 Å². The number of hydrogen-bond donors (Lipinski definition) is 0. The highest BCUT2D eigenvalue weighted by atomic mass is 32.2. The summed E-state index contributed by atoms with van der Waals surface area (Å²) in [5.74, 6) is -1.36. The number of aromatic nitrogens is 1. The second kappa shape index (κ2) is 10.7. The number of sulfonamides is 1. The zero-order chi connectivity index (χ0) is 28.6. The third-order valence-corrected chi connectivity index (χ3v) is 8.94. The van der Waals surface area contributed by atoms with Crippen molar-refractivity contribution >= 4 is 38.6 Å². The first-order valence-corrected chi connectivity index (χ1v) is 14.4. The van der Waals surface area contributed by atoms with Crippen LogP contribution in [0, 0.1) is 5.82 Å². The maximum absolute atomic E-state index is 13.7. The van der Waals surface area contributed by atoms with Gasteiger partial charge in [0.1, 0.15) is 17.4 Å². The first-order chi connectivity index (χ1) is 19.8. The number of hydrogen-bond acceptors (Lipinski definition) is 6. The Kier molecular flexibility index (Phi) is 6.94. The summed E-state index contributed by atoms with van der Waals surface area (Å²) in [5, 5.41) is 0. The van der Waals surface area contributed by atoms with E-state index in [0.717, 1.165) is 39.0 Å². The minimum absolute atomic E-state index is 0.0437. The molecule has 8 nitrogen and oxygen atoms in total. The van der Waals surface area contributed by atoms with Gasteiger partial charge in [0.15, 0.2) is 5.58 Å². The molecule has 1 atom stereocenters. The van der Waals surface area contributed by atoms with Crippen molar-refractivity contribution in [1.82, 2.24) is 9.29 Å². The van der Waals surface area contributed by atoms with E-state index in [1.165, 1.54) is 0 Å². The van der Waals surface area contributed by atoms with Crippen LogP contribution in [0.5, 0.6) is 0 Å². The minimum atomic E-state index is -4.24. The summed E-state index contributed by atoms with van der Waals surface area (Å²) in [6, 6.07) is 26.3. The number of anilines is 1. The molecular formula is C31H24FN3O5S. The molecule has 1 aliphatic heterocycles. The lowest BCUT2D eigenvalue weighted by Gasteiger charge is -2.27. The number of oxazole rings is 1. The van der Waals surface area contributed by atoms with Crippen molar-refractivity contribution in [1.29, 1.82) is 0 Å². The monoisotopic (exact) mass is 569 g/mol. The van der Waals surface area contributed by atoms with Crippen molar-refractivity contribution in [3.8, 4) is 11.5 Å². The SMILES string of the molecule is O=C1CC(N(CCc2ccccc2)S(=O)(=O)c2ccc(F)cc2)C(=O)N1c1ccc(-c2nc3ccccc3o2)cc1. The van der Waals surface area contributed by atoms with Crippen molar-refractivity contribution in [2.45, 2.75) is 23.8 Å². The Balaban J connectivity index is 1.29. The van der Waals surface area contributed by atoms with Gasteiger partial charge in [-0.25, -0.2) is 22.7 Å². The third-order valence-electron chi connectivity index (χ3n) is 7.02. The number of amides is 2. The number of benzene rings is 4. The van der Waals surface area contributed by atoms with E-state index in [4.69, 9.17) is 4.42 Å². The number of nitrogens with zero attached hydrogens (tertiary/aromatic N) is 3. The van der Waals surface area contributed by atoms with Crippen LogP contribution in [0.4, 0.5) is 10.1 Å². The van der Waals surface area contributed by atoms with Gasteiger partial charge in [0, 0.05) is 12.1 Å². The molecule has 0 N–H and O–H groups in total. The minimum Gasteiger partial charge on any atom is -0.436 e. The Bertz CT molecular complexity index is 1810. The van der Waals surface area contributed by atoms with Gasteiger partial charge < -0.3 is 4.42 Å². The van der Waals surface area contributed by atoms with Gasteiger partial charge in [-0.2, -0.15) is 4.31 Å². The molecule has 41 heavy (non-hydrogen) atoms. The van der Waals surface area contributed by atoms with Gasteiger partial charge in [-0.15, -0.1) is 0 Å². The fraction of sp³-hybridized carbons (Fsp3) is 0.129. The largest absolute Gasteiger partial charge is 0.436 e. The van der Waals surface area contributed by atoms with Crippen LogP contribution in [0.1, 0.15) is 12.0 Å². The van der Waals surface area contributed by atoms with Gasteiger partial charge in [-0.05, 0) is 72.6 Å². The summed E-state index contributed by atoms with van der Waals surface area (Å²) in [5.41, 5.74) is 3.18. The number of carbonyl (C=O) groups excluding carboxylic acids is 2. The average molecular weight is 570 g/mol. The normalized spacial score (nSPS) is 15.8. The number of rotatable bonds is 8. The summed E-state index contributed by atoms with van der Waals surface area (Å²) in [4.78, 5) is 32.2. The number of carbonyl (C=O) groups is 2. The van der Waals surface area contributed by atoms with Gasteiger partial charge in [0.25, 0.3) is 5.91 Å². The van der Waals surface area contributed by atoms with Crippen LogP contribution in [-0.2, 0) is 26.0 Å². The summed E-state index contributed by atoms with van der Waals surface area (Å²) in [6.45, 7) is -0.0437. The van der Waals surface area contributed by atoms with E-state index in [1.807, 2.05) is 54.6 Å². The third kappa shape index (κ3) is 5.15. The molecule has 2 heterocycles. The van der Waals surface area contributed by atoms with E-state index in [1.54, 1.807) is 24.3 Å². The molecule has 1 aromatic heterocycles. The van der Waals surface area contributed by atoms with Crippen LogP contribution >= 0.6 is 0 Å². The molecule has 1 unspecified atom stereocenters. The lowest BCUT2D eigenvalue weighted by Crippen LogP contribution is -2.46. The van der Waals surface area contributed by atoms with E-state index in [9.17, 15) is 22.4 Å². The fourth-order valence-electron chi connectivity index (χ4n) is 4.93. The van der Waals surface area contributed by atoms with E-state index in [-0.39, 0.29) is 17.9 Å². The number of fused-ring (bicyclic) bond motifs is 1. The standard InChI is InChI=1S/C31H24FN3O5S/c32-23-12-16-25(17-13-23)41(38,39)34(19-18-21-6-2-1-3-7-21)27-20-29(36)35(31(27)37)24-14-10-22(11-15-24)30-33-26-8-4-5-9-28(26)40-30/h1-17,27H,18-20H2. The predicted octanol–water partition coefficient (Wildman–Crippen LogP) is 5.20. The quantitative estimate of drug-likeness (QED) is 0.238. The van der Waals surface area contributed by atoms with Gasteiger partial charge in [0.05, 0.1) is 17.0 Å². The highest BCUT2D eigenvalue weighted by Crippen LogP contribution is 2.32. The lowest BCUT2D eigenvalue weighted by atomic mass is 10.1. The summed E-state index contributed by atoms with van der Waals surface area (Å²) in [7, 11) is -4.24. The van der Waals surface area contributed by atoms with E-state index in [2.05, 4.69) is 4.98 Å². The molecule has 1 saturated heterocycles. The van der Waals surface area contributed by atoms with Crippen LogP contribution in [0.3, 0.4) is 0 Å². The Morgan fingerprint density at radius 1 is 0.878 bits per heavy atom. The number of halogens is 1. The molecule has 10 heteroatoms. The summed E-state index contributed by atoms with van der Waals surface area (Å²) >= 11 is 0. The zero-order valence-corrected chi connectivity index (χ0v) is 22.5. The maximum Gasteiger partial charge on any atom is 0.252 e. The molecule has 206 valence electrons. The second-order valence-electron chi connectivity index (χ2n) is 9.63. The average Bonchev–Trinajstić information content (AvgIpc) is 3.54. The molecule has 0 radical (unpaired) electrons. The van der Waals surface area contributed by atoms with E-state index >= 15 is 0 Å². The van der Waals surface area contributed by atoms with Crippen LogP contribution in [-0.4, -0.2) is 42.1 Å². The first kappa shape index (κ1) is 26.5. The topological polar surface area (TPSA) is 101 Å². The molecule has 6 rings (SSSR count). The molecule has 0 bridgehead atoms. The molecule has 0 saturated carbocycles. The van der Waals surface area contributed by atoms with Crippen molar-refractivity contribution < 1.29 is 26.8 Å². The van der Waals surface area contributed by atoms with Crippen molar-refractivity contribution in [2.24, 2.45) is 0 Å². The fourth-order valence-corrected chi connectivity index (χ4v) is 6.51. The van der Waals surface area contributed by atoms with Crippen LogP contribution in [0.25, 0.3) is 22.6 Å². The highest BCUT2D eigenvalue weighted by molar-refractivity contribution is 7.89. The highest BCUT2D eigenvalue weighted by Gasteiger charge is 2.46. The Morgan fingerprint density at radius 3 is 2.27 bits per heavy atom. The number of para-hydroxylation sites is 2. The molecule has 1 aliphatic rings. The second-order valence-corrected chi connectivity index (χ2v) is 11.5. The molecular weight excluding hydrogens is 545 g/mol. The lowest BCUT2D eigenvalue weighted by molar-refractivity contribution is -0.122. The van der Waals surface area contributed by atoms with Crippen LogP contribution in [0.15, 0.2) is 112 Å². The van der Waals surface area contributed by atoms with Crippen molar-refractivity contribution in [3.63, 3.8) is 0 Å². The molecule has 4 aromatic carbocycles. The first-order valence-electron chi connectivity index (χ1n) is 13.0. The van der Waals surface area contributed by atoms with E-state index < -0.39 is 33.7 Å². The molecule has 0 spiro atoms. The molecule has 5 aromatic rings. The van der Waals surface area contributed by atoms with Crippen molar-refractivity contribution in [2.75, 3.05) is 11.4 Å². The predicted molar refractivity (Wildman–Crippen MR) is 151 cm³/mol. The summed E-state index contributed by atoms with van der Waals surface area (Å²) in [6.07, 6.45) is -0.000634. The van der Waals surface area contributed by atoms with Crippen LogP contribution < -0.4 is 4.90 Å². The van der Waals surface area contributed by atoms with Gasteiger partial charge in [-0.1, -0.05) is 42.5 Å². The van der Waals surface area contributed by atoms with Gasteiger partial charge in [-0.3, -0.25) is 9.59 Å².